The average Bonchev–Trinajstić information content (AvgIpc) is 3.08. The molecule has 18 atom stereocenters. The number of likely N-dealkylation sites (N-methyl/N-ethyl adjacent to an activating group) is 1. The lowest BCUT2D eigenvalue weighted by atomic mass is 9.78. The Labute approximate surface area is 317 Å². The molecule has 308 valence electrons. The van der Waals surface area contributed by atoms with E-state index in [1.165, 1.54) is 14.0 Å². The van der Waals surface area contributed by atoms with Gasteiger partial charge in [0.15, 0.2) is 18.2 Å². The van der Waals surface area contributed by atoms with Gasteiger partial charge in [-0.1, -0.05) is 26.7 Å². The number of esters is 1. The molecule has 0 aromatic heterocycles. The highest BCUT2D eigenvalue weighted by Gasteiger charge is 2.53. The molecule has 0 aliphatic carbocycles. The molecule has 14 nitrogen and oxygen atoms in total. The van der Waals surface area contributed by atoms with Crippen LogP contribution in [0.25, 0.3) is 0 Å². The van der Waals surface area contributed by atoms with Gasteiger partial charge in [-0.15, -0.1) is 6.42 Å². The Kier molecular flexibility index (Phi) is 15.8. The number of aliphatic hydroxyl groups excluding tert-OH is 3. The standard InChI is InChI=1S/C39H70N2O12/c1-15-28-38(10,47)32(43)21(3)20-41(13)22(4)18-37(9,46)34(53-36-30(42)27(40(11)12)17-23(5)49-36)24(6)31(25(7)35(45)51-28)52-29-19-39(16-2,48-14)33(44)26(8)50-29/h2,21-34,36,42-44,46-47H,15,17-20H2,1,3-14H3/t21-,22+,23+,24-,25+,26-,27-,28+,29-,30+,31-,32+,33-,34+,36-,37+,38+,39+/m0/s1. The summed E-state index contributed by atoms with van der Waals surface area (Å²) in [5, 5.41) is 58.2. The number of terminal acetylenes is 1. The van der Waals surface area contributed by atoms with E-state index in [4.69, 9.17) is 34.8 Å². The molecule has 0 aromatic carbocycles. The van der Waals surface area contributed by atoms with Crippen LogP contribution in [0.5, 0.6) is 0 Å². The van der Waals surface area contributed by atoms with Crippen molar-refractivity contribution in [1.82, 2.24) is 9.80 Å². The third-order valence-electron chi connectivity index (χ3n) is 12.2. The van der Waals surface area contributed by atoms with Crippen molar-refractivity contribution in [1.29, 1.82) is 0 Å². The predicted molar refractivity (Wildman–Crippen MR) is 197 cm³/mol. The number of rotatable bonds is 7. The van der Waals surface area contributed by atoms with Crippen molar-refractivity contribution < 1.29 is 58.7 Å². The number of aliphatic hydroxyl groups is 5. The summed E-state index contributed by atoms with van der Waals surface area (Å²) < 4.78 is 37.3. The molecule has 3 rings (SSSR count). The largest absolute Gasteiger partial charge is 0.459 e. The normalized spacial score (nSPS) is 48.7. The molecule has 5 N–H and O–H groups in total. The summed E-state index contributed by atoms with van der Waals surface area (Å²) in [6, 6.07) is -0.560. The molecular weight excluding hydrogens is 688 g/mol. The number of carbonyl (C=O) groups is 1. The molecule has 0 spiro atoms. The maximum Gasteiger partial charge on any atom is 0.311 e. The molecule has 3 aliphatic rings. The van der Waals surface area contributed by atoms with E-state index in [2.05, 4.69) is 5.92 Å². The van der Waals surface area contributed by atoms with Gasteiger partial charge >= 0.3 is 5.97 Å². The first-order valence-corrected chi connectivity index (χ1v) is 19.2. The monoisotopic (exact) mass is 758 g/mol. The molecule has 3 aliphatic heterocycles. The van der Waals surface area contributed by atoms with Gasteiger partial charge < -0.3 is 63.8 Å². The van der Waals surface area contributed by atoms with E-state index < -0.39 is 95.8 Å². The van der Waals surface area contributed by atoms with Gasteiger partial charge in [0.05, 0.1) is 42.0 Å². The van der Waals surface area contributed by atoms with Crippen LogP contribution in [0.3, 0.4) is 0 Å². The summed E-state index contributed by atoms with van der Waals surface area (Å²) in [5.74, 6) is -0.472. The molecule has 3 saturated heterocycles. The minimum Gasteiger partial charge on any atom is -0.459 e. The van der Waals surface area contributed by atoms with E-state index in [1.54, 1.807) is 34.6 Å². The Morgan fingerprint density at radius 2 is 1.62 bits per heavy atom. The zero-order valence-electron chi connectivity index (χ0n) is 34.3. The summed E-state index contributed by atoms with van der Waals surface area (Å²) in [4.78, 5) is 18.1. The Hall–Kier alpha value is -1.45. The molecule has 0 bridgehead atoms. The summed E-state index contributed by atoms with van der Waals surface area (Å²) in [6.45, 7) is 15.9. The van der Waals surface area contributed by atoms with Crippen LogP contribution in [0.4, 0.5) is 0 Å². The van der Waals surface area contributed by atoms with Crippen LogP contribution in [0.15, 0.2) is 0 Å². The van der Waals surface area contributed by atoms with Crippen molar-refractivity contribution in [3.05, 3.63) is 0 Å². The number of ether oxygens (including phenoxy) is 6. The van der Waals surface area contributed by atoms with Gasteiger partial charge in [0.1, 0.15) is 23.9 Å². The molecule has 14 heteroatoms. The van der Waals surface area contributed by atoms with Gasteiger partial charge in [0.25, 0.3) is 0 Å². The second-order valence-corrected chi connectivity index (χ2v) is 16.9. The van der Waals surface area contributed by atoms with Crippen molar-refractivity contribution >= 4 is 5.97 Å². The van der Waals surface area contributed by atoms with E-state index in [-0.39, 0.29) is 37.5 Å². The minimum atomic E-state index is -1.80. The highest BCUT2D eigenvalue weighted by atomic mass is 16.7. The highest BCUT2D eigenvalue weighted by molar-refractivity contribution is 5.73. The molecule has 3 fully saturated rings. The first kappa shape index (κ1) is 45.9. The number of hydrogen-bond acceptors (Lipinski definition) is 14. The second-order valence-electron chi connectivity index (χ2n) is 16.9. The fourth-order valence-electron chi connectivity index (χ4n) is 8.65. The summed E-state index contributed by atoms with van der Waals surface area (Å²) in [6.07, 6.45) is -3.31. The van der Waals surface area contributed by atoms with Gasteiger partial charge in [-0.05, 0) is 87.9 Å². The van der Waals surface area contributed by atoms with E-state index in [1.807, 2.05) is 51.7 Å². The third kappa shape index (κ3) is 10.1. The fraction of sp³-hybridized carbons (Fsp3) is 0.923. The molecular formula is C39H70N2O12. The van der Waals surface area contributed by atoms with Crippen LogP contribution < -0.4 is 0 Å². The molecule has 0 unspecified atom stereocenters. The first-order valence-electron chi connectivity index (χ1n) is 19.2. The first-order chi connectivity index (χ1) is 24.5. The van der Waals surface area contributed by atoms with Crippen molar-refractivity contribution in [3.8, 4) is 12.3 Å². The summed E-state index contributed by atoms with van der Waals surface area (Å²) in [7, 11) is 7.02. The van der Waals surface area contributed by atoms with Crippen LogP contribution in [0.2, 0.25) is 0 Å². The van der Waals surface area contributed by atoms with Crippen molar-refractivity contribution in [2.45, 2.75) is 178 Å². The van der Waals surface area contributed by atoms with Crippen LogP contribution in [0.1, 0.15) is 88.0 Å². The zero-order chi connectivity index (χ0) is 40.4. The van der Waals surface area contributed by atoms with E-state index in [0.717, 1.165) is 0 Å². The predicted octanol–water partition coefficient (Wildman–Crippen LogP) is 1.51. The van der Waals surface area contributed by atoms with E-state index in [0.29, 0.717) is 13.0 Å². The molecule has 0 radical (unpaired) electrons. The number of methoxy groups -OCH3 is 1. The number of nitrogens with zero attached hydrogens (tertiary/aromatic N) is 2. The average molecular weight is 759 g/mol. The lowest BCUT2D eigenvalue weighted by Crippen LogP contribution is -2.61. The van der Waals surface area contributed by atoms with Crippen LogP contribution >= 0.6 is 0 Å². The van der Waals surface area contributed by atoms with Gasteiger partial charge in [-0.3, -0.25) is 4.79 Å². The zero-order valence-corrected chi connectivity index (χ0v) is 34.3. The lowest BCUT2D eigenvalue weighted by Gasteiger charge is -2.48. The topological polar surface area (TPSA) is 180 Å². The number of hydrogen-bond donors (Lipinski definition) is 5. The van der Waals surface area contributed by atoms with E-state index >= 15 is 0 Å². The maximum atomic E-state index is 14.2. The van der Waals surface area contributed by atoms with Gasteiger partial charge in [-0.25, -0.2) is 0 Å². The smallest absolute Gasteiger partial charge is 0.311 e. The van der Waals surface area contributed by atoms with Crippen molar-refractivity contribution in [2.24, 2.45) is 17.8 Å². The fourth-order valence-corrected chi connectivity index (χ4v) is 8.65. The molecule has 53 heavy (non-hydrogen) atoms. The molecule has 3 heterocycles. The second kappa shape index (κ2) is 18.2. The van der Waals surface area contributed by atoms with Gasteiger partial charge in [-0.2, -0.15) is 0 Å². The van der Waals surface area contributed by atoms with Gasteiger partial charge in [0, 0.05) is 38.1 Å². The number of cyclic esters (lactones) is 1. The van der Waals surface area contributed by atoms with Crippen molar-refractivity contribution in [3.63, 3.8) is 0 Å². The quantitative estimate of drug-likeness (QED) is 0.186. The van der Waals surface area contributed by atoms with Crippen LogP contribution in [-0.4, -0.2) is 166 Å². The van der Waals surface area contributed by atoms with Crippen LogP contribution in [-0.2, 0) is 33.2 Å². The van der Waals surface area contributed by atoms with E-state index in [9.17, 15) is 30.3 Å². The Balaban J connectivity index is 2.20. The Morgan fingerprint density at radius 1 is 1.00 bits per heavy atom. The summed E-state index contributed by atoms with van der Waals surface area (Å²) >= 11 is 0. The SMILES string of the molecule is C#C[C@@]1(OC)C[C@H](O[C@H]2[C@H](C)[C@@H](O[C@@H]3O[C@H](C)C[C@H](N(C)C)[C@H]3O)[C@](C)(O)C[C@@H](C)N(C)C[C@H](C)[C@@H](O)[C@](C)(O)[C@@H](CC)OC(=O)[C@@H]2C)O[C@@H](C)[C@@H]1O. The lowest BCUT2D eigenvalue weighted by molar-refractivity contribution is -0.315. The Morgan fingerprint density at radius 3 is 2.17 bits per heavy atom. The van der Waals surface area contributed by atoms with Crippen molar-refractivity contribution in [2.75, 3.05) is 34.8 Å². The number of carbonyl (C=O) groups excluding carboxylic acids is 1. The van der Waals surface area contributed by atoms with Crippen LogP contribution in [0, 0.1) is 30.1 Å². The molecule has 0 amide bonds. The summed E-state index contributed by atoms with van der Waals surface area (Å²) in [5.41, 5.74) is -4.86. The van der Waals surface area contributed by atoms with Gasteiger partial charge in [0.2, 0.25) is 0 Å². The molecule has 0 saturated carbocycles. The highest BCUT2D eigenvalue weighted by Crippen LogP contribution is 2.40. The minimum absolute atomic E-state index is 0.0803. The maximum absolute atomic E-state index is 14.2. The Bertz CT molecular complexity index is 1230. The third-order valence-corrected chi connectivity index (χ3v) is 12.2. The molecule has 0 aromatic rings.